The Balaban J connectivity index is 1.41. The number of thiophene rings is 1. The van der Waals surface area contributed by atoms with Crippen molar-refractivity contribution in [3.8, 4) is 11.1 Å². The minimum atomic E-state index is -0.277. The second-order valence-corrected chi connectivity index (χ2v) is 9.49. The van der Waals surface area contributed by atoms with Crippen molar-refractivity contribution in [2.75, 3.05) is 25.4 Å². The molecule has 3 heterocycles. The normalized spacial score (nSPS) is 16.3. The van der Waals surface area contributed by atoms with Gasteiger partial charge in [-0.05, 0) is 37.5 Å². The molecule has 9 heteroatoms. The van der Waals surface area contributed by atoms with E-state index in [2.05, 4.69) is 9.97 Å². The fourth-order valence-corrected chi connectivity index (χ4v) is 5.77. The fraction of sp³-hybridized carbons (Fsp3) is 0.391. The van der Waals surface area contributed by atoms with Gasteiger partial charge >= 0.3 is 5.97 Å². The third kappa shape index (κ3) is 5.10. The summed E-state index contributed by atoms with van der Waals surface area (Å²) in [6.07, 6.45) is 3.47. The lowest BCUT2D eigenvalue weighted by Crippen LogP contribution is -2.42. The molecule has 1 amide bonds. The van der Waals surface area contributed by atoms with Crippen molar-refractivity contribution in [2.24, 2.45) is 5.92 Å². The maximum atomic E-state index is 13.3. The Bertz CT molecular complexity index is 1100. The number of nitrogens with zero attached hydrogens (tertiary/aromatic N) is 3. The van der Waals surface area contributed by atoms with Crippen molar-refractivity contribution >= 4 is 45.2 Å². The third-order valence-electron chi connectivity index (χ3n) is 5.44. The van der Waals surface area contributed by atoms with Gasteiger partial charge in [0.05, 0.1) is 17.9 Å². The van der Waals surface area contributed by atoms with Crippen LogP contribution >= 0.6 is 23.1 Å². The number of esters is 1. The van der Waals surface area contributed by atoms with Crippen LogP contribution in [-0.4, -0.2) is 52.2 Å². The lowest BCUT2D eigenvalue weighted by Gasteiger charge is -2.31. The number of rotatable bonds is 7. The van der Waals surface area contributed by atoms with Crippen LogP contribution < -0.4 is 0 Å². The van der Waals surface area contributed by atoms with Crippen LogP contribution in [0, 0.1) is 11.7 Å². The number of halogens is 1. The van der Waals surface area contributed by atoms with E-state index in [9.17, 15) is 14.0 Å². The van der Waals surface area contributed by atoms with Gasteiger partial charge in [-0.15, -0.1) is 23.1 Å². The number of aromatic nitrogens is 2. The zero-order valence-electron chi connectivity index (χ0n) is 17.8. The molecule has 3 aromatic rings. The van der Waals surface area contributed by atoms with Gasteiger partial charge in [0.1, 0.15) is 22.0 Å². The molecule has 1 fully saturated rings. The first-order valence-electron chi connectivity index (χ1n) is 10.6. The number of benzene rings is 1. The molecule has 1 aliphatic heterocycles. The van der Waals surface area contributed by atoms with E-state index in [1.807, 2.05) is 5.38 Å². The molecule has 1 atom stereocenters. The summed E-state index contributed by atoms with van der Waals surface area (Å²) in [7, 11) is 0. The van der Waals surface area contributed by atoms with Crippen molar-refractivity contribution in [1.82, 2.24) is 14.9 Å². The smallest absolute Gasteiger partial charge is 0.310 e. The van der Waals surface area contributed by atoms with Gasteiger partial charge < -0.3 is 9.64 Å². The van der Waals surface area contributed by atoms with Crippen LogP contribution in [0.3, 0.4) is 0 Å². The summed E-state index contributed by atoms with van der Waals surface area (Å²) in [4.78, 5) is 36.2. The Hall–Kier alpha value is -2.52. The van der Waals surface area contributed by atoms with Crippen LogP contribution in [0.2, 0.25) is 0 Å². The zero-order valence-corrected chi connectivity index (χ0v) is 19.4. The highest BCUT2D eigenvalue weighted by molar-refractivity contribution is 7.99. The molecule has 2 aromatic heterocycles. The third-order valence-corrected chi connectivity index (χ3v) is 7.32. The predicted molar refractivity (Wildman–Crippen MR) is 124 cm³/mol. The van der Waals surface area contributed by atoms with Crippen LogP contribution in [0.15, 0.2) is 41.0 Å². The molecule has 0 aliphatic carbocycles. The largest absolute Gasteiger partial charge is 0.466 e. The number of piperidine rings is 1. The molecule has 32 heavy (non-hydrogen) atoms. The van der Waals surface area contributed by atoms with Gasteiger partial charge in [-0.1, -0.05) is 12.1 Å². The molecule has 6 nitrogen and oxygen atoms in total. The van der Waals surface area contributed by atoms with Crippen molar-refractivity contribution in [2.45, 2.75) is 31.2 Å². The van der Waals surface area contributed by atoms with Crippen molar-refractivity contribution in [3.63, 3.8) is 0 Å². The van der Waals surface area contributed by atoms with E-state index in [1.165, 1.54) is 41.6 Å². The highest BCUT2D eigenvalue weighted by Crippen LogP contribution is 2.38. The molecule has 0 bridgehead atoms. The zero-order chi connectivity index (χ0) is 22.5. The number of carbonyl (C=O) groups excluding carboxylic acids is 2. The van der Waals surface area contributed by atoms with E-state index in [4.69, 9.17) is 4.74 Å². The Kier molecular flexibility index (Phi) is 7.36. The maximum Gasteiger partial charge on any atom is 0.310 e. The summed E-state index contributed by atoms with van der Waals surface area (Å²) in [5.74, 6) is -0.106. The molecule has 1 saturated heterocycles. The van der Waals surface area contributed by atoms with E-state index in [0.29, 0.717) is 31.9 Å². The van der Waals surface area contributed by atoms with E-state index in [-0.39, 0.29) is 23.6 Å². The number of likely N-dealkylation sites (tertiary alicyclic amines) is 1. The fourth-order valence-electron chi connectivity index (χ4n) is 3.85. The first kappa shape index (κ1) is 22.7. The average molecular weight is 474 g/mol. The number of thioether (sulfide) groups is 1. The van der Waals surface area contributed by atoms with Gasteiger partial charge in [-0.3, -0.25) is 9.59 Å². The molecule has 1 unspecified atom stereocenters. The van der Waals surface area contributed by atoms with E-state index in [1.54, 1.807) is 24.0 Å². The van der Waals surface area contributed by atoms with E-state index in [0.717, 1.165) is 39.2 Å². The molecule has 4 rings (SSSR count). The van der Waals surface area contributed by atoms with Crippen LogP contribution in [0.5, 0.6) is 0 Å². The summed E-state index contributed by atoms with van der Waals surface area (Å²) in [5, 5.41) is 3.75. The summed E-state index contributed by atoms with van der Waals surface area (Å²) in [6.45, 7) is 3.26. The van der Waals surface area contributed by atoms with Crippen molar-refractivity contribution in [1.29, 1.82) is 0 Å². The Labute approximate surface area is 194 Å². The number of hydrogen-bond donors (Lipinski definition) is 0. The van der Waals surface area contributed by atoms with Gasteiger partial charge in [-0.2, -0.15) is 0 Å². The van der Waals surface area contributed by atoms with Gasteiger partial charge in [-0.25, -0.2) is 14.4 Å². The van der Waals surface area contributed by atoms with Gasteiger partial charge in [0.2, 0.25) is 5.91 Å². The SMILES string of the molecule is CCOC(=O)C1CCCN(C(=O)CCSc2ncnc3scc(-c4ccc(F)cc4)c23)C1. The molecule has 1 aromatic carbocycles. The lowest BCUT2D eigenvalue weighted by molar-refractivity contribution is -0.151. The van der Waals surface area contributed by atoms with Gasteiger partial charge in [0, 0.05) is 36.2 Å². The van der Waals surface area contributed by atoms with Crippen LogP contribution in [0.1, 0.15) is 26.2 Å². The van der Waals surface area contributed by atoms with Crippen molar-refractivity contribution in [3.05, 3.63) is 41.8 Å². The summed E-state index contributed by atoms with van der Waals surface area (Å²) < 4.78 is 18.5. The van der Waals surface area contributed by atoms with Gasteiger partial charge in [0.25, 0.3) is 0 Å². The molecule has 0 saturated carbocycles. The summed E-state index contributed by atoms with van der Waals surface area (Å²) in [5.41, 5.74) is 1.87. The highest BCUT2D eigenvalue weighted by Gasteiger charge is 2.29. The Morgan fingerprint density at radius 3 is 2.88 bits per heavy atom. The Morgan fingerprint density at radius 2 is 2.09 bits per heavy atom. The molecular weight excluding hydrogens is 449 g/mol. The first-order valence-corrected chi connectivity index (χ1v) is 12.5. The summed E-state index contributed by atoms with van der Waals surface area (Å²) >= 11 is 3.04. The monoisotopic (exact) mass is 473 g/mol. The minimum Gasteiger partial charge on any atom is -0.466 e. The summed E-state index contributed by atoms with van der Waals surface area (Å²) in [6, 6.07) is 6.38. The second-order valence-electron chi connectivity index (χ2n) is 7.54. The number of hydrogen-bond acceptors (Lipinski definition) is 7. The van der Waals surface area contributed by atoms with E-state index < -0.39 is 0 Å². The maximum absolute atomic E-state index is 13.3. The average Bonchev–Trinajstić information content (AvgIpc) is 3.25. The number of ether oxygens (including phenoxy) is 1. The van der Waals surface area contributed by atoms with Gasteiger partial charge in [0.15, 0.2) is 0 Å². The molecule has 168 valence electrons. The first-order chi connectivity index (χ1) is 15.6. The molecule has 0 N–H and O–H groups in total. The highest BCUT2D eigenvalue weighted by atomic mass is 32.2. The molecule has 0 spiro atoms. The number of amides is 1. The minimum absolute atomic E-state index is 0.0425. The molecule has 1 aliphatic rings. The van der Waals surface area contributed by atoms with Crippen LogP contribution in [-0.2, 0) is 14.3 Å². The predicted octanol–water partition coefficient (Wildman–Crippen LogP) is 4.78. The van der Waals surface area contributed by atoms with Crippen LogP contribution in [0.25, 0.3) is 21.3 Å². The second kappa shape index (κ2) is 10.4. The lowest BCUT2D eigenvalue weighted by atomic mass is 9.98. The molecular formula is C23H24FN3O3S2. The number of carbonyl (C=O) groups is 2. The quantitative estimate of drug-likeness (QED) is 0.279. The number of fused-ring (bicyclic) bond motifs is 1. The van der Waals surface area contributed by atoms with Crippen molar-refractivity contribution < 1.29 is 18.7 Å². The standard InChI is InChI=1S/C23H24FN3O3S2/c1-2-30-23(29)16-4-3-10-27(12-16)19(28)9-11-31-21-20-18(13-32-22(20)26-14-25-21)15-5-7-17(24)8-6-15/h5-8,13-14,16H,2-4,9-12H2,1H3. The topological polar surface area (TPSA) is 72.4 Å². The molecule has 0 radical (unpaired) electrons. The van der Waals surface area contributed by atoms with E-state index >= 15 is 0 Å². The Morgan fingerprint density at radius 1 is 1.28 bits per heavy atom. The van der Waals surface area contributed by atoms with Crippen LogP contribution in [0.4, 0.5) is 4.39 Å².